The molecule has 0 aromatic carbocycles. The lowest BCUT2D eigenvalue weighted by atomic mass is 9.79. The van der Waals surface area contributed by atoms with Crippen molar-refractivity contribution >= 4 is 11.9 Å². The van der Waals surface area contributed by atoms with E-state index in [2.05, 4.69) is 24.3 Å². The van der Waals surface area contributed by atoms with Gasteiger partial charge in [0.25, 0.3) is 5.91 Å². The van der Waals surface area contributed by atoms with Gasteiger partial charge in [-0.25, -0.2) is 4.68 Å². The fraction of sp³-hybridized carbons (Fsp3) is 0.800. The Balaban J connectivity index is 1.51. The zero-order valence-corrected chi connectivity index (χ0v) is 20.0. The van der Waals surface area contributed by atoms with Crippen molar-refractivity contribution in [1.82, 2.24) is 15.1 Å². The summed E-state index contributed by atoms with van der Waals surface area (Å²) >= 11 is 0. The van der Waals surface area contributed by atoms with Crippen LogP contribution < -0.4 is 10.1 Å². The molecule has 3 aliphatic carbocycles. The number of carboxylic acids is 1. The van der Waals surface area contributed by atoms with Crippen LogP contribution in [-0.2, 0) is 11.3 Å². The number of aryl methyl sites for hydroxylation is 1. The van der Waals surface area contributed by atoms with E-state index in [1.165, 1.54) is 38.5 Å². The lowest BCUT2D eigenvalue weighted by Crippen LogP contribution is -2.42. The second-order valence-electron chi connectivity index (χ2n) is 11.4. The molecule has 1 aromatic heterocycles. The number of carbonyl (C=O) groups is 2. The molecule has 1 aromatic rings. The number of carbonyl (C=O) groups excluding carboxylic acids is 1. The van der Waals surface area contributed by atoms with Gasteiger partial charge in [-0.1, -0.05) is 26.7 Å². The van der Waals surface area contributed by atoms with Crippen molar-refractivity contribution in [3.05, 3.63) is 11.8 Å². The van der Waals surface area contributed by atoms with E-state index in [4.69, 9.17) is 4.74 Å². The standard InChI is InChI=1S/C25H39N3O4/c1-15(2)14-32-23-20(13-26-28(23)9-8-25(3,4)24(30)31)22(29)27-21-18-11-16-6-5-7-19(21)17(10-16)12-18/h13,15-19,21H,5-12,14H2,1-4H3,(H,27,29)(H,30,31). The number of hydrogen-bond acceptors (Lipinski definition) is 4. The fourth-order valence-corrected chi connectivity index (χ4v) is 6.15. The topological polar surface area (TPSA) is 93.5 Å². The maximum Gasteiger partial charge on any atom is 0.309 e. The number of hydrogen-bond donors (Lipinski definition) is 2. The Morgan fingerprint density at radius 3 is 2.72 bits per heavy atom. The third-order valence-electron chi connectivity index (χ3n) is 8.02. The molecule has 5 atom stereocenters. The van der Waals surface area contributed by atoms with Gasteiger partial charge in [0.15, 0.2) is 0 Å². The highest BCUT2D eigenvalue weighted by Gasteiger charge is 2.49. The molecule has 3 aliphatic rings. The molecule has 0 radical (unpaired) electrons. The van der Waals surface area contributed by atoms with Crippen LogP contribution in [0.3, 0.4) is 0 Å². The Morgan fingerprint density at radius 1 is 1.25 bits per heavy atom. The van der Waals surface area contributed by atoms with E-state index in [1.54, 1.807) is 24.7 Å². The van der Waals surface area contributed by atoms with Gasteiger partial charge in [0, 0.05) is 12.6 Å². The molecule has 0 spiro atoms. The SMILES string of the molecule is CC(C)COc1c(C(=O)NC2C3CC4CCCC2C(C4)C3)cnn1CCC(C)(C)C(=O)O. The molecule has 7 nitrogen and oxygen atoms in total. The minimum Gasteiger partial charge on any atom is -0.481 e. The summed E-state index contributed by atoms with van der Waals surface area (Å²) in [6.07, 6.45) is 9.70. The van der Waals surface area contributed by atoms with Crippen molar-refractivity contribution in [2.75, 3.05) is 6.61 Å². The van der Waals surface area contributed by atoms with E-state index >= 15 is 0 Å². The highest BCUT2D eigenvalue weighted by molar-refractivity contribution is 5.96. The van der Waals surface area contributed by atoms with Crippen LogP contribution in [0, 0.1) is 35.0 Å². The van der Waals surface area contributed by atoms with Crippen LogP contribution in [0.15, 0.2) is 6.20 Å². The molecule has 178 valence electrons. The van der Waals surface area contributed by atoms with Crippen molar-refractivity contribution in [2.45, 2.75) is 85.2 Å². The van der Waals surface area contributed by atoms with Gasteiger partial charge >= 0.3 is 5.97 Å². The zero-order chi connectivity index (χ0) is 23.0. The van der Waals surface area contributed by atoms with Gasteiger partial charge in [-0.2, -0.15) is 5.10 Å². The Hall–Kier alpha value is -2.05. The molecule has 1 amide bonds. The number of fused-ring (bicyclic) bond motifs is 2. The third-order valence-corrected chi connectivity index (χ3v) is 8.02. The zero-order valence-electron chi connectivity index (χ0n) is 20.0. The number of nitrogens with one attached hydrogen (secondary N) is 1. The molecular formula is C25H39N3O4. The van der Waals surface area contributed by atoms with Crippen LogP contribution in [0.2, 0.25) is 0 Å². The quantitative estimate of drug-likeness (QED) is 0.589. The first-order valence-electron chi connectivity index (χ1n) is 12.4. The summed E-state index contributed by atoms with van der Waals surface area (Å²) in [5.41, 5.74) is -0.407. The minimum absolute atomic E-state index is 0.104. The van der Waals surface area contributed by atoms with E-state index < -0.39 is 11.4 Å². The highest BCUT2D eigenvalue weighted by atomic mass is 16.5. The van der Waals surface area contributed by atoms with Crippen molar-refractivity contribution in [2.24, 2.45) is 35.0 Å². The Bertz CT molecular complexity index is 846. The Labute approximate surface area is 191 Å². The molecule has 7 heteroatoms. The number of amides is 1. The fourth-order valence-electron chi connectivity index (χ4n) is 6.15. The Kier molecular flexibility index (Phi) is 6.55. The molecular weight excluding hydrogens is 406 g/mol. The summed E-state index contributed by atoms with van der Waals surface area (Å²) < 4.78 is 7.70. The average Bonchev–Trinajstić information content (AvgIpc) is 3.18. The number of rotatable bonds is 9. The molecule has 0 aliphatic heterocycles. The van der Waals surface area contributed by atoms with Gasteiger partial charge in [-0.3, -0.25) is 9.59 Å². The normalized spacial score (nSPS) is 29.2. The third kappa shape index (κ3) is 4.67. The molecule has 0 saturated heterocycles. The van der Waals surface area contributed by atoms with Crippen LogP contribution in [0.4, 0.5) is 0 Å². The second kappa shape index (κ2) is 9.06. The van der Waals surface area contributed by atoms with E-state index in [0.717, 1.165) is 11.8 Å². The lowest BCUT2D eigenvalue weighted by Gasteiger charge is -2.30. The number of ether oxygens (including phenoxy) is 1. The molecule has 3 fully saturated rings. The summed E-state index contributed by atoms with van der Waals surface area (Å²) in [5, 5.41) is 17.2. The van der Waals surface area contributed by atoms with Crippen LogP contribution in [0.25, 0.3) is 0 Å². The van der Waals surface area contributed by atoms with E-state index in [9.17, 15) is 14.7 Å². The Morgan fingerprint density at radius 2 is 2.00 bits per heavy atom. The van der Waals surface area contributed by atoms with Crippen molar-refractivity contribution in [3.8, 4) is 5.88 Å². The summed E-state index contributed by atoms with van der Waals surface area (Å²) in [6.45, 7) is 8.40. The average molecular weight is 446 g/mol. The van der Waals surface area contributed by atoms with Gasteiger partial charge in [-0.15, -0.1) is 0 Å². The molecule has 4 rings (SSSR count). The monoisotopic (exact) mass is 445 g/mol. The van der Waals surface area contributed by atoms with Gasteiger partial charge in [-0.05, 0) is 75.5 Å². The van der Waals surface area contributed by atoms with Gasteiger partial charge in [0.05, 0.1) is 18.2 Å². The maximum atomic E-state index is 13.4. The first-order chi connectivity index (χ1) is 15.2. The smallest absolute Gasteiger partial charge is 0.309 e. The van der Waals surface area contributed by atoms with Crippen LogP contribution in [-0.4, -0.2) is 39.4 Å². The molecule has 3 saturated carbocycles. The highest BCUT2D eigenvalue weighted by Crippen LogP contribution is 2.53. The van der Waals surface area contributed by atoms with E-state index in [0.29, 0.717) is 48.8 Å². The molecule has 2 N–H and O–H groups in total. The van der Waals surface area contributed by atoms with E-state index in [-0.39, 0.29) is 11.9 Å². The predicted octanol–water partition coefficient (Wildman–Crippen LogP) is 4.36. The number of carboxylic acid groups (broad SMARTS) is 1. The maximum absolute atomic E-state index is 13.4. The number of aliphatic carboxylic acids is 1. The lowest BCUT2D eigenvalue weighted by molar-refractivity contribution is -0.147. The minimum atomic E-state index is -0.872. The van der Waals surface area contributed by atoms with Crippen molar-refractivity contribution < 1.29 is 19.4 Å². The number of nitrogens with zero attached hydrogens (tertiary/aromatic N) is 2. The molecule has 3 bridgehead atoms. The van der Waals surface area contributed by atoms with E-state index in [1.807, 2.05) is 0 Å². The van der Waals surface area contributed by atoms with Crippen LogP contribution in [0.5, 0.6) is 5.88 Å². The van der Waals surface area contributed by atoms with Crippen molar-refractivity contribution in [3.63, 3.8) is 0 Å². The molecule has 1 heterocycles. The summed E-state index contributed by atoms with van der Waals surface area (Å²) in [4.78, 5) is 24.9. The van der Waals surface area contributed by atoms with Gasteiger partial charge in [0.1, 0.15) is 5.56 Å². The van der Waals surface area contributed by atoms with Gasteiger partial charge < -0.3 is 15.2 Å². The van der Waals surface area contributed by atoms with Crippen LogP contribution in [0.1, 0.15) is 83.0 Å². The van der Waals surface area contributed by atoms with Gasteiger partial charge in [0.2, 0.25) is 5.88 Å². The first-order valence-corrected chi connectivity index (χ1v) is 12.4. The summed E-state index contributed by atoms with van der Waals surface area (Å²) in [6, 6.07) is 0.255. The second-order valence-corrected chi connectivity index (χ2v) is 11.4. The largest absolute Gasteiger partial charge is 0.481 e. The molecule has 32 heavy (non-hydrogen) atoms. The summed E-state index contributed by atoms with van der Waals surface area (Å²) in [5.74, 6) is 2.62. The van der Waals surface area contributed by atoms with Crippen molar-refractivity contribution in [1.29, 1.82) is 0 Å². The number of aromatic nitrogens is 2. The van der Waals surface area contributed by atoms with Crippen LogP contribution >= 0.6 is 0 Å². The first kappa shape index (κ1) is 23.1. The predicted molar refractivity (Wildman–Crippen MR) is 122 cm³/mol. The summed E-state index contributed by atoms with van der Waals surface area (Å²) in [7, 11) is 0. The molecule has 5 unspecified atom stereocenters.